The van der Waals surface area contributed by atoms with Crippen LogP contribution in [0.2, 0.25) is 0 Å². The molecular formula is C26H35N7O15P2. The number of ether oxygens (including phenoxy) is 2. The zero-order valence-electron chi connectivity index (χ0n) is 26.3. The number of fused-ring (bicyclic) bond motifs is 1. The van der Waals surface area contributed by atoms with Crippen LogP contribution in [0.3, 0.4) is 0 Å². The van der Waals surface area contributed by atoms with Crippen LogP contribution in [0.4, 0.5) is 5.82 Å². The minimum absolute atomic E-state index is 0.0359. The summed E-state index contributed by atoms with van der Waals surface area (Å²) in [6.45, 7) is 1.30. The number of nitrogen functional groups attached to an aromatic ring is 1. The lowest BCUT2D eigenvalue weighted by Crippen LogP contribution is -2.46. The van der Waals surface area contributed by atoms with Crippen molar-refractivity contribution in [3.05, 3.63) is 42.2 Å². The summed E-state index contributed by atoms with van der Waals surface area (Å²) in [6.07, 6.45) is -7.33. The number of nitrogens with zero attached hydrogens (tertiary/aromatic N) is 5. The molecule has 0 aliphatic carbocycles. The molecule has 0 aromatic carbocycles. The Morgan fingerprint density at radius 3 is 2.40 bits per heavy atom. The second-order valence-electron chi connectivity index (χ2n) is 11.4. The number of pyridine rings is 1. The molecule has 9 N–H and O–H groups in total. The Balaban J connectivity index is 1.18. The number of carbonyl (C=O) groups is 2. The number of carbonyl (C=O) groups excluding carboxylic acids is 2. The van der Waals surface area contributed by atoms with Gasteiger partial charge in [-0.2, -0.15) is 4.57 Å². The zero-order chi connectivity index (χ0) is 36.7. The molecule has 2 unspecified atom stereocenters. The summed E-state index contributed by atoms with van der Waals surface area (Å²) in [5.41, 5.74) is 11.9. The summed E-state index contributed by atoms with van der Waals surface area (Å²) in [5, 5.41) is 42.1. The molecule has 1 amide bonds. The summed E-state index contributed by atoms with van der Waals surface area (Å²) in [5.74, 6) is -1.67. The van der Waals surface area contributed by atoms with Gasteiger partial charge in [0.1, 0.15) is 53.7 Å². The molecule has 2 fully saturated rings. The molecule has 0 spiro atoms. The Morgan fingerprint density at radius 1 is 1.06 bits per heavy atom. The predicted octanol–water partition coefficient (Wildman–Crippen LogP) is -2.57. The van der Waals surface area contributed by atoms with Crippen LogP contribution in [-0.4, -0.2) is 106 Å². The summed E-state index contributed by atoms with van der Waals surface area (Å²) >= 11 is 0. The number of hydrogen-bond donors (Lipinski definition) is 7. The van der Waals surface area contributed by atoms with Crippen molar-refractivity contribution in [3.8, 4) is 0 Å². The van der Waals surface area contributed by atoms with Crippen molar-refractivity contribution in [1.82, 2.24) is 19.5 Å². The number of aliphatic hydroxyl groups is 4. The van der Waals surface area contributed by atoms with Crippen LogP contribution in [0.1, 0.15) is 54.6 Å². The van der Waals surface area contributed by atoms with Gasteiger partial charge in [-0.05, 0) is 5.56 Å². The normalized spacial score (nSPS) is 29.8. The molecule has 274 valence electrons. The zero-order valence-corrected chi connectivity index (χ0v) is 28.1. The van der Waals surface area contributed by atoms with Crippen LogP contribution in [0.25, 0.3) is 11.2 Å². The number of aliphatic hydroxyl groups excluding tert-OH is 4. The van der Waals surface area contributed by atoms with Crippen molar-refractivity contribution in [2.75, 3.05) is 18.9 Å². The number of ketones is 1. The van der Waals surface area contributed by atoms with E-state index in [2.05, 4.69) is 23.8 Å². The largest absolute Gasteiger partial charge is 0.756 e. The van der Waals surface area contributed by atoms with Crippen LogP contribution < -0.4 is 20.9 Å². The fraction of sp³-hybridized carbons (Fsp3) is 0.538. The molecule has 5 heterocycles. The van der Waals surface area contributed by atoms with Crippen LogP contribution >= 0.6 is 15.6 Å². The Labute approximate surface area is 282 Å². The standard InChI is InChI=1S/C26H35N7O15P2/c1-3-14(34)11(2)12-4-5-32(6-13(12)23(28)39)25-20(37)18(35)15(46-25)7-44-49(40,41)48-50(42,43)45-8-16-19(36)21(38)26(47-16)33-10-31-17-22(27)29-9-30-24(17)33/h4-6,9-11,15-16,18-21,25-26,35-38H,3,7-8H2,1-2H3,(H5-,27,28,29,30,39,40,41,42,43)/t11-,15-,16-,18-,19-,20+,21+,25+,26+/m0/s1. The highest BCUT2D eigenvalue weighted by molar-refractivity contribution is 7.60. The summed E-state index contributed by atoms with van der Waals surface area (Å²) < 4.78 is 52.0. The number of hydrogen-bond acceptors (Lipinski definition) is 18. The van der Waals surface area contributed by atoms with Gasteiger partial charge in [0.05, 0.1) is 19.5 Å². The van der Waals surface area contributed by atoms with Crippen LogP contribution in [-0.2, 0) is 36.8 Å². The monoisotopic (exact) mass is 747 g/mol. The van der Waals surface area contributed by atoms with E-state index in [4.69, 9.17) is 25.5 Å². The molecule has 2 aliphatic heterocycles. The maximum Gasteiger partial charge on any atom is 0.478 e. The number of aromatic nitrogens is 5. The van der Waals surface area contributed by atoms with Crippen LogP contribution in [0.5, 0.6) is 0 Å². The molecule has 5 rings (SSSR count). The Morgan fingerprint density at radius 2 is 1.72 bits per heavy atom. The van der Waals surface area contributed by atoms with Gasteiger partial charge in [0, 0.05) is 18.4 Å². The highest BCUT2D eigenvalue weighted by atomic mass is 31.3. The van der Waals surface area contributed by atoms with Gasteiger partial charge < -0.3 is 55.7 Å². The third kappa shape index (κ3) is 7.77. The first-order valence-electron chi connectivity index (χ1n) is 14.9. The van der Waals surface area contributed by atoms with Gasteiger partial charge in [-0.25, -0.2) is 23.8 Å². The van der Waals surface area contributed by atoms with Gasteiger partial charge in [-0.3, -0.25) is 23.2 Å². The molecule has 11 atom stereocenters. The van der Waals surface area contributed by atoms with Gasteiger partial charge in [0.15, 0.2) is 36.2 Å². The van der Waals surface area contributed by atoms with Crippen molar-refractivity contribution in [1.29, 1.82) is 0 Å². The third-order valence-corrected chi connectivity index (χ3v) is 10.8. The second-order valence-corrected chi connectivity index (χ2v) is 14.4. The third-order valence-electron chi connectivity index (χ3n) is 8.21. The van der Waals surface area contributed by atoms with E-state index in [0.29, 0.717) is 5.56 Å². The molecule has 2 aliphatic rings. The van der Waals surface area contributed by atoms with Gasteiger partial charge in [-0.1, -0.05) is 13.8 Å². The number of phosphoric ester groups is 2. The van der Waals surface area contributed by atoms with E-state index in [1.165, 1.54) is 33.9 Å². The minimum Gasteiger partial charge on any atom is -0.756 e. The molecule has 2 saturated heterocycles. The molecule has 0 radical (unpaired) electrons. The molecule has 50 heavy (non-hydrogen) atoms. The average molecular weight is 748 g/mol. The van der Waals surface area contributed by atoms with Crippen molar-refractivity contribution in [3.63, 3.8) is 0 Å². The van der Waals surface area contributed by atoms with E-state index < -0.39 is 89.8 Å². The van der Waals surface area contributed by atoms with Gasteiger partial charge in [0.2, 0.25) is 0 Å². The number of imidazole rings is 1. The molecule has 0 bridgehead atoms. The number of amides is 1. The maximum atomic E-state index is 12.5. The van der Waals surface area contributed by atoms with Crippen molar-refractivity contribution in [2.45, 2.75) is 75.3 Å². The van der Waals surface area contributed by atoms with Crippen molar-refractivity contribution >= 4 is 44.3 Å². The number of nitrogens with two attached hydrogens (primary N) is 2. The lowest BCUT2D eigenvalue weighted by molar-refractivity contribution is -0.765. The Bertz CT molecular complexity index is 1850. The lowest BCUT2D eigenvalue weighted by Gasteiger charge is -2.26. The highest BCUT2D eigenvalue weighted by Crippen LogP contribution is 2.58. The second kappa shape index (κ2) is 14.7. The molecule has 22 nitrogen and oxygen atoms in total. The molecule has 24 heteroatoms. The fourth-order valence-electron chi connectivity index (χ4n) is 5.52. The first-order valence-corrected chi connectivity index (χ1v) is 17.9. The lowest BCUT2D eigenvalue weighted by atomic mass is 9.92. The molecule has 3 aromatic heterocycles. The predicted molar refractivity (Wildman–Crippen MR) is 161 cm³/mol. The first kappa shape index (κ1) is 37.9. The van der Waals surface area contributed by atoms with Gasteiger partial charge in [0.25, 0.3) is 20.0 Å². The maximum absolute atomic E-state index is 12.5. The molecule has 0 saturated carbocycles. The number of anilines is 1. The quantitative estimate of drug-likeness (QED) is 0.0658. The smallest absolute Gasteiger partial charge is 0.478 e. The summed E-state index contributed by atoms with van der Waals surface area (Å²) in [6, 6.07) is 1.42. The minimum atomic E-state index is -5.68. The van der Waals surface area contributed by atoms with Crippen molar-refractivity contribution in [2.24, 2.45) is 5.73 Å². The summed E-state index contributed by atoms with van der Waals surface area (Å²) in [7, 11) is -11.2. The Hall–Kier alpha value is -3.34. The number of rotatable bonds is 14. The number of Topliss-reactive ketones (excluding diaryl/α,β-unsaturated/α-hetero) is 1. The fourth-order valence-corrected chi connectivity index (χ4v) is 7.57. The van der Waals surface area contributed by atoms with Crippen LogP contribution in [0.15, 0.2) is 31.1 Å². The Kier molecular flexibility index (Phi) is 11.2. The van der Waals surface area contributed by atoms with Crippen molar-refractivity contribution < 1.29 is 76.3 Å². The van der Waals surface area contributed by atoms with Crippen LogP contribution in [0, 0.1) is 0 Å². The van der Waals surface area contributed by atoms with E-state index in [9.17, 15) is 48.9 Å². The van der Waals surface area contributed by atoms with E-state index in [-0.39, 0.29) is 34.7 Å². The number of primary amides is 1. The highest BCUT2D eigenvalue weighted by Gasteiger charge is 2.50. The summed E-state index contributed by atoms with van der Waals surface area (Å²) in [4.78, 5) is 58.7. The molecular weight excluding hydrogens is 712 g/mol. The first-order chi connectivity index (χ1) is 23.4. The SMILES string of the molecule is CCC(=O)[C@@H](C)c1cc[n+]([C@@H]2O[C@@H](COP(=O)([O-])OP(=O)(O)OC[C@@H]3O[C@@H](n4cnc5c(N)ncnc54)[C@H](O)[C@H]3O)[C@H](O)[C@H]2O)cc1C(N)=O. The van der Waals surface area contributed by atoms with E-state index in [1.807, 2.05) is 0 Å². The topological polar surface area (TPSA) is 338 Å². The van der Waals surface area contributed by atoms with Gasteiger partial charge in [-0.15, -0.1) is 0 Å². The van der Waals surface area contributed by atoms with E-state index >= 15 is 0 Å². The van der Waals surface area contributed by atoms with E-state index in [1.54, 1.807) is 13.8 Å². The average Bonchev–Trinajstić information content (AvgIpc) is 3.71. The molecule has 3 aromatic rings. The van der Waals surface area contributed by atoms with E-state index in [0.717, 1.165) is 6.33 Å². The van der Waals surface area contributed by atoms with Gasteiger partial charge >= 0.3 is 7.82 Å². The number of phosphoric acid groups is 2.